The van der Waals surface area contributed by atoms with Crippen molar-refractivity contribution >= 4 is 11.3 Å². The lowest BCUT2D eigenvalue weighted by atomic mass is 10.1. The minimum absolute atomic E-state index is 0.170. The number of aromatic nitrogens is 1. The standard InChI is InChI=1S/C15H16F2N2OS/c16-15(17)20-13-6-2-1-5-11(13)12-9-21-14(19-12)8-10-4-3-7-18-10/h1-2,5-6,9-10,15,18H,3-4,7-8H2. The third-order valence-corrected chi connectivity index (χ3v) is 4.39. The van der Waals surface area contributed by atoms with Crippen LogP contribution in [-0.2, 0) is 6.42 Å². The molecule has 1 saturated heterocycles. The lowest BCUT2D eigenvalue weighted by molar-refractivity contribution is -0.0494. The molecule has 21 heavy (non-hydrogen) atoms. The van der Waals surface area contributed by atoms with Gasteiger partial charge in [0.1, 0.15) is 5.75 Å². The van der Waals surface area contributed by atoms with Crippen molar-refractivity contribution in [3.8, 4) is 17.0 Å². The first-order chi connectivity index (χ1) is 10.2. The van der Waals surface area contributed by atoms with Gasteiger partial charge in [-0.25, -0.2) is 4.98 Å². The highest BCUT2D eigenvalue weighted by Crippen LogP contribution is 2.32. The fraction of sp³-hybridized carbons (Fsp3) is 0.400. The summed E-state index contributed by atoms with van der Waals surface area (Å²) in [6.45, 7) is -1.76. The van der Waals surface area contributed by atoms with E-state index in [1.807, 2.05) is 5.38 Å². The van der Waals surface area contributed by atoms with Crippen molar-refractivity contribution < 1.29 is 13.5 Å². The van der Waals surface area contributed by atoms with Crippen LogP contribution in [0.2, 0.25) is 0 Å². The van der Waals surface area contributed by atoms with Gasteiger partial charge in [-0.3, -0.25) is 0 Å². The van der Waals surface area contributed by atoms with E-state index in [2.05, 4.69) is 15.0 Å². The molecule has 1 unspecified atom stereocenters. The first-order valence-electron chi connectivity index (χ1n) is 6.94. The van der Waals surface area contributed by atoms with E-state index in [0.717, 1.165) is 18.0 Å². The number of benzene rings is 1. The number of para-hydroxylation sites is 1. The van der Waals surface area contributed by atoms with Crippen molar-refractivity contribution in [1.29, 1.82) is 0 Å². The summed E-state index contributed by atoms with van der Waals surface area (Å²) in [5.74, 6) is 0.170. The molecule has 1 aliphatic rings. The molecule has 1 fully saturated rings. The van der Waals surface area contributed by atoms with Gasteiger partial charge in [0.25, 0.3) is 0 Å². The predicted octanol–water partition coefficient (Wildman–Crippen LogP) is 3.71. The van der Waals surface area contributed by atoms with E-state index in [1.165, 1.54) is 12.8 Å². The molecule has 0 amide bonds. The first kappa shape index (κ1) is 14.4. The van der Waals surface area contributed by atoms with Crippen molar-refractivity contribution in [1.82, 2.24) is 10.3 Å². The normalized spacial score (nSPS) is 18.3. The van der Waals surface area contributed by atoms with Crippen LogP contribution in [0, 0.1) is 0 Å². The second-order valence-electron chi connectivity index (χ2n) is 5.00. The Bertz CT molecular complexity index is 597. The fourth-order valence-electron chi connectivity index (χ4n) is 2.55. The van der Waals surface area contributed by atoms with E-state index >= 15 is 0 Å². The molecular formula is C15H16F2N2OS. The monoisotopic (exact) mass is 310 g/mol. The summed E-state index contributed by atoms with van der Waals surface area (Å²) in [4.78, 5) is 4.57. The third-order valence-electron chi connectivity index (χ3n) is 3.51. The molecule has 2 heterocycles. The van der Waals surface area contributed by atoms with Crippen molar-refractivity contribution in [3.63, 3.8) is 0 Å². The number of rotatable bonds is 5. The Morgan fingerprint density at radius 1 is 1.38 bits per heavy atom. The van der Waals surface area contributed by atoms with Gasteiger partial charge in [0.15, 0.2) is 0 Å². The Balaban J connectivity index is 1.79. The van der Waals surface area contributed by atoms with Crippen molar-refractivity contribution in [3.05, 3.63) is 34.7 Å². The van der Waals surface area contributed by atoms with Gasteiger partial charge in [-0.1, -0.05) is 12.1 Å². The number of nitrogens with one attached hydrogen (secondary N) is 1. The Kier molecular flexibility index (Phi) is 4.45. The SMILES string of the molecule is FC(F)Oc1ccccc1-c1csc(CC2CCCN2)n1. The number of hydrogen-bond donors (Lipinski definition) is 1. The second-order valence-corrected chi connectivity index (χ2v) is 5.94. The van der Waals surface area contributed by atoms with Crippen LogP contribution in [0.25, 0.3) is 11.3 Å². The molecule has 0 saturated carbocycles. The van der Waals surface area contributed by atoms with Gasteiger partial charge in [0.05, 0.1) is 10.7 Å². The molecule has 0 aliphatic carbocycles. The zero-order valence-corrected chi connectivity index (χ0v) is 12.2. The van der Waals surface area contributed by atoms with Crippen LogP contribution < -0.4 is 10.1 Å². The summed E-state index contributed by atoms with van der Waals surface area (Å²) >= 11 is 1.56. The minimum Gasteiger partial charge on any atom is -0.434 e. The van der Waals surface area contributed by atoms with Crippen LogP contribution in [-0.4, -0.2) is 24.2 Å². The molecule has 3 nitrogen and oxygen atoms in total. The predicted molar refractivity (Wildman–Crippen MR) is 78.9 cm³/mol. The highest BCUT2D eigenvalue weighted by Gasteiger charge is 2.18. The molecule has 3 rings (SSSR count). The van der Waals surface area contributed by atoms with E-state index in [4.69, 9.17) is 0 Å². The second kappa shape index (κ2) is 6.49. The zero-order valence-electron chi connectivity index (χ0n) is 11.4. The van der Waals surface area contributed by atoms with Gasteiger partial charge < -0.3 is 10.1 Å². The summed E-state index contributed by atoms with van der Waals surface area (Å²) in [6.07, 6.45) is 3.26. The molecule has 1 aromatic carbocycles. The Morgan fingerprint density at radius 3 is 3.00 bits per heavy atom. The average Bonchev–Trinajstić information content (AvgIpc) is 3.11. The lowest BCUT2D eigenvalue weighted by Crippen LogP contribution is -2.23. The Labute approximate surface area is 126 Å². The largest absolute Gasteiger partial charge is 0.434 e. The number of nitrogens with zero attached hydrogens (tertiary/aromatic N) is 1. The van der Waals surface area contributed by atoms with Gasteiger partial charge >= 0.3 is 6.61 Å². The first-order valence-corrected chi connectivity index (χ1v) is 7.82. The minimum atomic E-state index is -2.83. The zero-order chi connectivity index (χ0) is 14.7. The fourth-order valence-corrected chi connectivity index (χ4v) is 3.42. The van der Waals surface area contributed by atoms with E-state index in [-0.39, 0.29) is 5.75 Å². The van der Waals surface area contributed by atoms with Gasteiger partial charge in [-0.05, 0) is 31.5 Å². The maximum absolute atomic E-state index is 12.4. The summed E-state index contributed by atoms with van der Waals surface area (Å²) in [7, 11) is 0. The maximum atomic E-state index is 12.4. The Hall–Kier alpha value is -1.53. The topological polar surface area (TPSA) is 34.1 Å². The van der Waals surface area contributed by atoms with Crippen LogP contribution in [0.15, 0.2) is 29.6 Å². The highest BCUT2D eigenvalue weighted by molar-refractivity contribution is 7.09. The van der Waals surface area contributed by atoms with Crippen LogP contribution >= 0.6 is 11.3 Å². The van der Waals surface area contributed by atoms with Gasteiger partial charge in [0.2, 0.25) is 0 Å². The summed E-state index contributed by atoms with van der Waals surface area (Å²) in [5, 5.41) is 6.36. The number of thiazole rings is 1. The Morgan fingerprint density at radius 2 is 2.24 bits per heavy atom. The lowest BCUT2D eigenvalue weighted by Gasteiger charge is -2.09. The quantitative estimate of drug-likeness (QED) is 0.914. The molecule has 0 bridgehead atoms. The summed E-state index contributed by atoms with van der Waals surface area (Å²) in [6, 6.07) is 7.25. The van der Waals surface area contributed by atoms with Crippen LogP contribution in [0.4, 0.5) is 8.78 Å². The smallest absolute Gasteiger partial charge is 0.387 e. The van der Waals surface area contributed by atoms with Crippen molar-refractivity contribution in [2.75, 3.05) is 6.54 Å². The summed E-state index contributed by atoms with van der Waals surface area (Å²) < 4.78 is 29.4. The highest BCUT2D eigenvalue weighted by atomic mass is 32.1. The van der Waals surface area contributed by atoms with Gasteiger partial charge in [-0.2, -0.15) is 8.78 Å². The van der Waals surface area contributed by atoms with E-state index in [0.29, 0.717) is 17.3 Å². The summed E-state index contributed by atoms with van der Waals surface area (Å²) in [5.41, 5.74) is 1.31. The van der Waals surface area contributed by atoms with Crippen molar-refractivity contribution in [2.45, 2.75) is 31.9 Å². The molecule has 0 spiro atoms. The molecule has 2 aromatic rings. The molecule has 1 N–H and O–H groups in total. The van der Waals surface area contributed by atoms with Crippen LogP contribution in [0.1, 0.15) is 17.8 Å². The van der Waals surface area contributed by atoms with E-state index in [1.54, 1.807) is 35.6 Å². The van der Waals surface area contributed by atoms with Crippen LogP contribution in [0.3, 0.4) is 0 Å². The van der Waals surface area contributed by atoms with Crippen LogP contribution in [0.5, 0.6) is 5.75 Å². The number of ether oxygens (including phenoxy) is 1. The molecular weight excluding hydrogens is 294 g/mol. The molecule has 1 aliphatic heterocycles. The molecule has 112 valence electrons. The van der Waals surface area contributed by atoms with E-state index in [9.17, 15) is 8.78 Å². The molecule has 1 atom stereocenters. The number of alkyl halides is 2. The molecule has 1 aromatic heterocycles. The van der Waals surface area contributed by atoms with Gasteiger partial charge in [0, 0.05) is 23.4 Å². The maximum Gasteiger partial charge on any atom is 0.387 e. The number of hydrogen-bond acceptors (Lipinski definition) is 4. The average molecular weight is 310 g/mol. The number of halogens is 2. The van der Waals surface area contributed by atoms with E-state index < -0.39 is 6.61 Å². The van der Waals surface area contributed by atoms with Gasteiger partial charge in [-0.15, -0.1) is 11.3 Å². The molecule has 0 radical (unpaired) electrons. The third kappa shape index (κ3) is 3.57. The molecule has 6 heteroatoms. The van der Waals surface area contributed by atoms with Crippen molar-refractivity contribution in [2.24, 2.45) is 0 Å².